The van der Waals surface area contributed by atoms with E-state index in [1.807, 2.05) is 59.1 Å². The Bertz CT molecular complexity index is 1010. The third kappa shape index (κ3) is 3.11. The number of rotatable bonds is 5. The highest BCUT2D eigenvalue weighted by atomic mass is 16.5. The zero-order valence-corrected chi connectivity index (χ0v) is 14.8. The second-order valence-corrected chi connectivity index (χ2v) is 6.13. The molecule has 0 saturated heterocycles. The van der Waals surface area contributed by atoms with Crippen molar-refractivity contribution in [3.05, 3.63) is 78.5 Å². The molecule has 0 amide bonds. The zero-order valence-electron chi connectivity index (χ0n) is 14.8. The van der Waals surface area contributed by atoms with Gasteiger partial charge in [-0.2, -0.15) is 9.61 Å². The van der Waals surface area contributed by atoms with Crippen molar-refractivity contribution in [2.45, 2.75) is 13.0 Å². The Kier molecular flexibility index (Phi) is 4.27. The van der Waals surface area contributed by atoms with E-state index in [-0.39, 0.29) is 6.04 Å². The first-order valence-corrected chi connectivity index (χ1v) is 8.55. The molecule has 130 valence electrons. The van der Waals surface area contributed by atoms with Gasteiger partial charge in [-0.05, 0) is 42.8 Å². The first-order chi connectivity index (χ1) is 12.7. The molecule has 2 aromatic carbocycles. The Balaban J connectivity index is 1.67. The van der Waals surface area contributed by atoms with E-state index in [9.17, 15) is 0 Å². The second kappa shape index (κ2) is 6.88. The van der Waals surface area contributed by atoms with Crippen LogP contribution in [-0.4, -0.2) is 21.7 Å². The molecule has 0 fully saturated rings. The molecule has 0 aliphatic heterocycles. The van der Waals surface area contributed by atoms with Gasteiger partial charge in [0.2, 0.25) is 0 Å². The highest BCUT2D eigenvalue weighted by molar-refractivity contribution is 5.66. The molecule has 1 unspecified atom stereocenters. The lowest BCUT2D eigenvalue weighted by Gasteiger charge is -2.16. The van der Waals surface area contributed by atoms with Crippen LogP contribution in [0.5, 0.6) is 5.75 Å². The summed E-state index contributed by atoms with van der Waals surface area (Å²) in [4.78, 5) is 4.44. The topological polar surface area (TPSA) is 51.5 Å². The molecule has 2 aromatic heterocycles. The van der Waals surface area contributed by atoms with Crippen LogP contribution in [-0.2, 0) is 0 Å². The van der Waals surface area contributed by atoms with Gasteiger partial charge >= 0.3 is 0 Å². The van der Waals surface area contributed by atoms with Gasteiger partial charge in [0.25, 0.3) is 0 Å². The van der Waals surface area contributed by atoms with Gasteiger partial charge in [-0.15, -0.1) is 0 Å². The van der Waals surface area contributed by atoms with Crippen molar-refractivity contribution >= 4 is 11.5 Å². The number of hydrogen-bond donors (Lipinski definition) is 1. The van der Waals surface area contributed by atoms with Gasteiger partial charge in [0, 0.05) is 23.9 Å². The van der Waals surface area contributed by atoms with Crippen molar-refractivity contribution in [2.24, 2.45) is 0 Å². The highest BCUT2D eigenvalue weighted by Crippen LogP contribution is 2.25. The Labute approximate surface area is 152 Å². The summed E-state index contributed by atoms with van der Waals surface area (Å²) in [6.45, 7) is 2.13. The fraction of sp³-hybridized carbons (Fsp3) is 0.143. The number of nitrogens with zero attached hydrogens (tertiary/aromatic N) is 3. The van der Waals surface area contributed by atoms with E-state index in [1.54, 1.807) is 13.3 Å². The van der Waals surface area contributed by atoms with E-state index in [2.05, 4.69) is 29.4 Å². The molecule has 5 heteroatoms. The van der Waals surface area contributed by atoms with Crippen molar-refractivity contribution < 1.29 is 4.74 Å². The van der Waals surface area contributed by atoms with Gasteiger partial charge in [-0.25, -0.2) is 4.98 Å². The summed E-state index contributed by atoms with van der Waals surface area (Å²) in [7, 11) is 1.66. The molecular weight excluding hydrogens is 324 g/mol. The maximum atomic E-state index is 5.22. The van der Waals surface area contributed by atoms with Crippen molar-refractivity contribution in [2.75, 3.05) is 12.4 Å². The third-order valence-electron chi connectivity index (χ3n) is 4.41. The van der Waals surface area contributed by atoms with Crippen molar-refractivity contribution in [3.8, 4) is 17.0 Å². The molecule has 2 heterocycles. The molecule has 0 bridgehead atoms. The average molecular weight is 344 g/mol. The summed E-state index contributed by atoms with van der Waals surface area (Å²) >= 11 is 0. The van der Waals surface area contributed by atoms with Gasteiger partial charge < -0.3 is 10.1 Å². The number of anilines is 1. The van der Waals surface area contributed by atoms with Crippen molar-refractivity contribution in [1.29, 1.82) is 0 Å². The molecule has 0 radical (unpaired) electrons. The molecule has 0 saturated carbocycles. The Hall–Kier alpha value is -3.34. The van der Waals surface area contributed by atoms with E-state index in [0.29, 0.717) is 0 Å². The highest BCUT2D eigenvalue weighted by Gasteiger charge is 2.11. The summed E-state index contributed by atoms with van der Waals surface area (Å²) in [5, 5.41) is 8.26. The summed E-state index contributed by atoms with van der Waals surface area (Å²) < 4.78 is 7.07. The Morgan fingerprint density at radius 3 is 2.50 bits per heavy atom. The molecule has 1 N–H and O–H groups in total. The predicted molar refractivity (Wildman–Crippen MR) is 103 cm³/mol. The summed E-state index contributed by atoms with van der Waals surface area (Å²) in [6, 6.07) is 22.3. The minimum Gasteiger partial charge on any atom is -0.497 e. The first kappa shape index (κ1) is 16.1. The van der Waals surface area contributed by atoms with Crippen LogP contribution in [0.2, 0.25) is 0 Å². The number of hydrogen-bond acceptors (Lipinski definition) is 4. The van der Waals surface area contributed by atoms with Crippen LogP contribution in [0.4, 0.5) is 5.82 Å². The van der Waals surface area contributed by atoms with E-state index >= 15 is 0 Å². The number of methoxy groups -OCH3 is 1. The summed E-state index contributed by atoms with van der Waals surface area (Å²) in [6.07, 6.45) is 1.80. The Morgan fingerprint density at radius 2 is 1.77 bits per heavy atom. The van der Waals surface area contributed by atoms with Crippen molar-refractivity contribution in [3.63, 3.8) is 0 Å². The average Bonchev–Trinajstić information content (AvgIpc) is 3.14. The molecule has 0 spiro atoms. The SMILES string of the molecule is COc1ccc(-c2cc3nccc(NC(C)c4ccccc4)n3n2)cc1. The second-order valence-electron chi connectivity index (χ2n) is 6.13. The quantitative estimate of drug-likeness (QED) is 0.576. The lowest BCUT2D eigenvalue weighted by Crippen LogP contribution is -2.10. The largest absolute Gasteiger partial charge is 0.497 e. The van der Waals surface area contributed by atoms with E-state index < -0.39 is 0 Å². The predicted octanol–water partition coefficient (Wildman–Crippen LogP) is 4.58. The lowest BCUT2D eigenvalue weighted by molar-refractivity contribution is 0.415. The van der Waals surface area contributed by atoms with Gasteiger partial charge in [0.1, 0.15) is 11.6 Å². The third-order valence-corrected chi connectivity index (χ3v) is 4.41. The number of aromatic nitrogens is 3. The van der Waals surface area contributed by atoms with E-state index in [1.165, 1.54) is 5.56 Å². The fourth-order valence-corrected chi connectivity index (χ4v) is 2.95. The molecule has 26 heavy (non-hydrogen) atoms. The van der Waals surface area contributed by atoms with Crippen LogP contribution >= 0.6 is 0 Å². The van der Waals surface area contributed by atoms with Crippen LogP contribution in [0.3, 0.4) is 0 Å². The van der Waals surface area contributed by atoms with E-state index in [0.717, 1.165) is 28.5 Å². The monoisotopic (exact) mass is 344 g/mol. The van der Waals surface area contributed by atoms with E-state index in [4.69, 9.17) is 9.84 Å². The normalized spacial score (nSPS) is 12.1. The first-order valence-electron chi connectivity index (χ1n) is 8.55. The minimum absolute atomic E-state index is 0.162. The summed E-state index contributed by atoms with van der Waals surface area (Å²) in [5.41, 5.74) is 3.93. The maximum Gasteiger partial charge on any atom is 0.157 e. The number of fused-ring (bicyclic) bond motifs is 1. The number of benzene rings is 2. The maximum absolute atomic E-state index is 5.22. The summed E-state index contributed by atoms with van der Waals surface area (Å²) in [5.74, 6) is 1.74. The zero-order chi connectivity index (χ0) is 17.9. The van der Waals surface area contributed by atoms with Gasteiger partial charge in [-0.1, -0.05) is 30.3 Å². The Morgan fingerprint density at radius 1 is 1.00 bits per heavy atom. The van der Waals surface area contributed by atoms with Crippen LogP contribution in [0.1, 0.15) is 18.5 Å². The van der Waals surface area contributed by atoms with Crippen LogP contribution in [0, 0.1) is 0 Å². The molecule has 5 nitrogen and oxygen atoms in total. The molecule has 0 aliphatic carbocycles. The van der Waals surface area contributed by atoms with Crippen LogP contribution in [0.25, 0.3) is 16.9 Å². The molecule has 4 rings (SSSR count). The number of nitrogens with one attached hydrogen (secondary N) is 1. The molecular formula is C21H20N4O. The van der Waals surface area contributed by atoms with Crippen LogP contribution in [0.15, 0.2) is 72.9 Å². The molecule has 0 aliphatic rings. The smallest absolute Gasteiger partial charge is 0.157 e. The van der Waals surface area contributed by atoms with Crippen LogP contribution < -0.4 is 10.1 Å². The standard InChI is InChI=1S/C21H20N4O/c1-15(16-6-4-3-5-7-16)23-20-12-13-22-21-14-19(24-25(20)21)17-8-10-18(26-2)11-9-17/h3-15,23H,1-2H3. The molecule has 1 atom stereocenters. The lowest BCUT2D eigenvalue weighted by atomic mass is 10.1. The fourth-order valence-electron chi connectivity index (χ4n) is 2.95. The van der Waals surface area contributed by atoms with Gasteiger partial charge in [0.05, 0.1) is 12.8 Å². The molecule has 4 aromatic rings. The number of ether oxygens (including phenoxy) is 1. The minimum atomic E-state index is 0.162. The van der Waals surface area contributed by atoms with Gasteiger partial charge in [0.15, 0.2) is 5.65 Å². The van der Waals surface area contributed by atoms with Gasteiger partial charge in [-0.3, -0.25) is 0 Å². The van der Waals surface area contributed by atoms with Crippen molar-refractivity contribution in [1.82, 2.24) is 14.6 Å².